The summed E-state index contributed by atoms with van der Waals surface area (Å²) in [5.41, 5.74) is 4.89. The molecule has 1 aromatic carbocycles. The molecule has 3 N–H and O–H groups in total. The Morgan fingerprint density at radius 3 is 2.71 bits per heavy atom. The average molecular weight is 513 g/mol. The van der Waals surface area contributed by atoms with Crippen molar-refractivity contribution in [3.63, 3.8) is 0 Å². The number of pyridine rings is 1. The summed E-state index contributed by atoms with van der Waals surface area (Å²) in [4.78, 5) is 38.9. The van der Waals surface area contributed by atoms with Crippen LogP contribution in [0.25, 0.3) is 28.2 Å². The number of aromatic nitrogens is 9. The van der Waals surface area contributed by atoms with Gasteiger partial charge >= 0.3 is 0 Å². The molecule has 0 spiro atoms. The van der Waals surface area contributed by atoms with Crippen molar-refractivity contribution >= 4 is 12.3 Å². The molecule has 1 aliphatic heterocycles. The highest BCUT2D eigenvalue weighted by atomic mass is 16.3. The Bertz CT molecular complexity index is 1620. The Balaban J connectivity index is 0.000000937. The van der Waals surface area contributed by atoms with E-state index in [9.17, 15) is 4.79 Å². The Morgan fingerprint density at radius 2 is 2.00 bits per heavy atom. The van der Waals surface area contributed by atoms with Gasteiger partial charge in [-0.05, 0) is 48.0 Å². The number of aromatic amines is 1. The molecule has 0 saturated carbocycles. The minimum Gasteiger partial charge on any atom is -0.483 e. The lowest BCUT2D eigenvalue weighted by Gasteiger charge is -2.14. The van der Waals surface area contributed by atoms with Gasteiger partial charge in [0.25, 0.3) is 12.0 Å². The standard InChI is InChI=1S/C24H22N10O.CH2O2/c1-14-3-5-19(33-13-28-31-32-33)16(9-14)17-10-23(35)34-20(6-8-22(34)29-17)24-27-12-18(30-24)15-4-7-21(25-2)26-11-15;2-1-3/h3-5,7,9-13,20H,6,8H2,1-2H3,(H,25,26)(H,27,30);1H,(H,2,3)/t20-;/m0./s1. The van der Waals surface area contributed by atoms with Gasteiger partial charge in [-0.15, -0.1) is 5.10 Å². The first-order valence-electron chi connectivity index (χ1n) is 11.8. The number of carboxylic acid groups (broad SMARTS) is 1. The number of nitrogens with one attached hydrogen (secondary N) is 2. The fourth-order valence-electron chi connectivity index (χ4n) is 4.52. The molecule has 192 valence electrons. The molecule has 0 fully saturated rings. The van der Waals surface area contributed by atoms with Gasteiger partial charge < -0.3 is 15.4 Å². The summed E-state index contributed by atoms with van der Waals surface area (Å²) in [6, 6.07) is 11.2. The number of carbonyl (C=O) groups is 1. The second kappa shape index (κ2) is 10.4. The summed E-state index contributed by atoms with van der Waals surface area (Å²) < 4.78 is 3.31. The maximum atomic E-state index is 13.3. The van der Waals surface area contributed by atoms with Gasteiger partial charge in [0.1, 0.15) is 23.8 Å². The van der Waals surface area contributed by atoms with E-state index < -0.39 is 0 Å². The third-order valence-electron chi connectivity index (χ3n) is 6.24. The smallest absolute Gasteiger partial charge is 0.290 e. The van der Waals surface area contributed by atoms with Gasteiger partial charge in [-0.1, -0.05) is 11.6 Å². The largest absolute Gasteiger partial charge is 0.483 e. The molecule has 5 heterocycles. The molecule has 0 bridgehead atoms. The van der Waals surface area contributed by atoms with Crippen LogP contribution in [-0.2, 0) is 11.2 Å². The molecule has 6 rings (SSSR count). The number of benzene rings is 1. The van der Waals surface area contributed by atoms with Gasteiger partial charge in [-0.2, -0.15) is 4.68 Å². The van der Waals surface area contributed by atoms with Crippen LogP contribution in [0.3, 0.4) is 0 Å². The molecule has 38 heavy (non-hydrogen) atoms. The van der Waals surface area contributed by atoms with Crippen LogP contribution < -0.4 is 10.9 Å². The Morgan fingerprint density at radius 1 is 1.16 bits per heavy atom. The van der Waals surface area contributed by atoms with E-state index in [1.807, 2.05) is 44.3 Å². The zero-order valence-electron chi connectivity index (χ0n) is 20.6. The van der Waals surface area contributed by atoms with Crippen LogP contribution in [0.5, 0.6) is 0 Å². The average Bonchev–Trinajstić information content (AvgIpc) is 3.70. The van der Waals surface area contributed by atoms with Crippen molar-refractivity contribution < 1.29 is 9.90 Å². The molecular weight excluding hydrogens is 488 g/mol. The maximum absolute atomic E-state index is 13.3. The van der Waals surface area contributed by atoms with Crippen LogP contribution in [-0.4, -0.2) is 63.3 Å². The summed E-state index contributed by atoms with van der Waals surface area (Å²) in [6.07, 6.45) is 6.51. The quantitative estimate of drug-likeness (QED) is 0.297. The maximum Gasteiger partial charge on any atom is 0.290 e. The van der Waals surface area contributed by atoms with Gasteiger partial charge in [-0.25, -0.2) is 15.0 Å². The number of anilines is 1. The first kappa shape index (κ1) is 24.5. The molecule has 0 radical (unpaired) electrons. The van der Waals surface area contributed by atoms with Crippen LogP contribution in [0.15, 0.2) is 59.9 Å². The van der Waals surface area contributed by atoms with Gasteiger partial charge in [0, 0.05) is 36.9 Å². The van der Waals surface area contributed by atoms with Gasteiger partial charge in [0.05, 0.1) is 29.3 Å². The van der Waals surface area contributed by atoms with E-state index in [0.29, 0.717) is 12.1 Å². The van der Waals surface area contributed by atoms with Crippen LogP contribution in [0, 0.1) is 6.92 Å². The molecule has 0 unspecified atom stereocenters. The van der Waals surface area contributed by atoms with E-state index in [4.69, 9.17) is 14.9 Å². The zero-order valence-corrected chi connectivity index (χ0v) is 20.6. The van der Waals surface area contributed by atoms with Crippen LogP contribution >= 0.6 is 0 Å². The first-order chi connectivity index (χ1) is 18.5. The fourth-order valence-corrected chi connectivity index (χ4v) is 4.52. The van der Waals surface area contributed by atoms with E-state index in [1.165, 1.54) is 6.33 Å². The lowest BCUT2D eigenvalue weighted by Crippen LogP contribution is -2.25. The van der Waals surface area contributed by atoms with Gasteiger partial charge in [0.2, 0.25) is 0 Å². The molecule has 13 heteroatoms. The molecule has 13 nitrogen and oxygen atoms in total. The molecule has 5 aromatic rings. The van der Waals surface area contributed by atoms with E-state index in [0.717, 1.165) is 52.0 Å². The van der Waals surface area contributed by atoms with Crippen molar-refractivity contribution in [2.75, 3.05) is 12.4 Å². The van der Waals surface area contributed by atoms with E-state index in [-0.39, 0.29) is 18.1 Å². The normalized spacial score (nSPS) is 13.9. The molecule has 4 aromatic heterocycles. The SMILES string of the molecule is CNc1ccc(-c2cnc([C@@H]3CCc4nc(-c5cc(C)ccc5-n5cnnn5)cc(=O)n43)[nH]2)cn1.O=CO. The number of H-pyrrole nitrogens is 1. The monoisotopic (exact) mass is 512 g/mol. The highest BCUT2D eigenvalue weighted by Crippen LogP contribution is 2.32. The molecule has 0 saturated heterocycles. The Labute approximate surface area is 216 Å². The van der Waals surface area contributed by atoms with E-state index >= 15 is 0 Å². The molecule has 0 amide bonds. The van der Waals surface area contributed by atoms with Crippen LogP contribution in [0.1, 0.15) is 29.7 Å². The molecule has 1 aliphatic rings. The lowest BCUT2D eigenvalue weighted by molar-refractivity contribution is -0.122. The van der Waals surface area contributed by atoms with Crippen LogP contribution in [0.4, 0.5) is 5.82 Å². The number of imidazole rings is 1. The summed E-state index contributed by atoms with van der Waals surface area (Å²) >= 11 is 0. The zero-order chi connectivity index (χ0) is 26.6. The molecular formula is C25H24N10O3. The number of tetrazole rings is 1. The number of hydrogen-bond donors (Lipinski definition) is 3. The van der Waals surface area contributed by atoms with Crippen LogP contribution in [0.2, 0.25) is 0 Å². The Kier molecular flexibility index (Phi) is 6.72. The third kappa shape index (κ3) is 4.64. The van der Waals surface area contributed by atoms with Crippen molar-refractivity contribution in [1.29, 1.82) is 0 Å². The second-order valence-electron chi connectivity index (χ2n) is 8.56. The summed E-state index contributed by atoms with van der Waals surface area (Å²) in [6.45, 7) is 1.75. The minimum absolute atomic E-state index is 0.116. The minimum atomic E-state index is -0.250. The van der Waals surface area contributed by atoms with E-state index in [1.54, 1.807) is 27.7 Å². The predicted octanol–water partition coefficient (Wildman–Crippen LogP) is 2.26. The number of fused-ring (bicyclic) bond motifs is 1. The van der Waals surface area contributed by atoms with Crippen molar-refractivity contribution in [3.05, 3.63) is 82.7 Å². The van der Waals surface area contributed by atoms with Crippen molar-refractivity contribution in [2.45, 2.75) is 25.8 Å². The van der Waals surface area contributed by atoms with Crippen molar-refractivity contribution in [2.24, 2.45) is 0 Å². The number of aryl methyl sites for hydroxylation is 2. The number of nitrogens with zero attached hydrogens (tertiary/aromatic N) is 8. The molecule has 0 aliphatic carbocycles. The highest BCUT2D eigenvalue weighted by molar-refractivity contribution is 5.70. The first-order valence-corrected chi connectivity index (χ1v) is 11.8. The van der Waals surface area contributed by atoms with E-state index in [2.05, 4.69) is 35.8 Å². The summed E-state index contributed by atoms with van der Waals surface area (Å²) in [5, 5.41) is 21.4. The highest BCUT2D eigenvalue weighted by Gasteiger charge is 2.29. The topological polar surface area (TPSA) is 169 Å². The fraction of sp³-hybridized carbons (Fsp3) is 0.200. The number of rotatable bonds is 5. The second-order valence-corrected chi connectivity index (χ2v) is 8.56. The lowest BCUT2D eigenvalue weighted by atomic mass is 10.1. The van der Waals surface area contributed by atoms with Crippen molar-refractivity contribution in [1.82, 2.24) is 44.7 Å². The predicted molar refractivity (Wildman–Crippen MR) is 138 cm³/mol. The third-order valence-corrected chi connectivity index (χ3v) is 6.24. The molecule has 1 atom stereocenters. The summed E-state index contributed by atoms with van der Waals surface area (Å²) in [5.74, 6) is 2.26. The van der Waals surface area contributed by atoms with Gasteiger partial charge in [0.15, 0.2) is 0 Å². The number of hydrogen-bond acceptors (Lipinski definition) is 9. The van der Waals surface area contributed by atoms with Crippen molar-refractivity contribution in [3.8, 4) is 28.2 Å². The Hall–Kier alpha value is -5.20. The summed E-state index contributed by atoms with van der Waals surface area (Å²) in [7, 11) is 1.83. The van der Waals surface area contributed by atoms with Gasteiger partial charge in [-0.3, -0.25) is 14.2 Å².